The molecule has 5 heteroatoms. The first kappa shape index (κ1) is 23.3. The molecule has 4 aromatic heterocycles. The molecule has 10 aromatic rings. The Hall–Kier alpha value is -6.25. The Morgan fingerprint density at radius 1 is 0.523 bits per heavy atom. The third-order valence-corrected chi connectivity index (χ3v) is 9.06. The standard InChI is InChI=1S/C39H21N5/c40-22-23-10-9-11-24(20-23)36-27-14-1-5-16-31(27)41-39(42-36)44-33-18-7-3-13-26(33)30-21-29-25-12-2-6-17-32(25)43-34-19-8-4-15-28(34)35(37(29)43)38(30)44/h1-21H. The van der Waals surface area contributed by atoms with Crippen molar-refractivity contribution in [3.05, 3.63) is 133 Å². The van der Waals surface area contributed by atoms with Gasteiger partial charge in [0.05, 0.1) is 50.4 Å². The molecule has 0 saturated carbocycles. The number of aromatic nitrogens is 4. The molecule has 0 fully saturated rings. The van der Waals surface area contributed by atoms with Crippen LogP contribution in [-0.4, -0.2) is 18.9 Å². The van der Waals surface area contributed by atoms with Crippen molar-refractivity contribution in [2.24, 2.45) is 0 Å². The molecule has 4 heterocycles. The number of fused-ring (bicyclic) bond motifs is 11. The van der Waals surface area contributed by atoms with Crippen molar-refractivity contribution in [3.63, 3.8) is 0 Å². The molecular formula is C39H21N5. The molecule has 0 bridgehead atoms. The van der Waals surface area contributed by atoms with Gasteiger partial charge in [-0.3, -0.25) is 4.57 Å². The van der Waals surface area contributed by atoms with E-state index in [1.807, 2.05) is 42.5 Å². The van der Waals surface area contributed by atoms with E-state index in [0.717, 1.165) is 38.6 Å². The van der Waals surface area contributed by atoms with Gasteiger partial charge in [-0.15, -0.1) is 0 Å². The lowest BCUT2D eigenvalue weighted by molar-refractivity contribution is 1.02. The van der Waals surface area contributed by atoms with Crippen molar-refractivity contribution in [2.45, 2.75) is 0 Å². The van der Waals surface area contributed by atoms with Crippen molar-refractivity contribution in [2.75, 3.05) is 0 Å². The molecule has 0 unspecified atom stereocenters. The van der Waals surface area contributed by atoms with Gasteiger partial charge < -0.3 is 4.40 Å². The van der Waals surface area contributed by atoms with Gasteiger partial charge in [-0.25, -0.2) is 9.97 Å². The molecule has 0 aliphatic rings. The second-order valence-electron chi connectivity index (χ2n) is 11.3. The van der Waals surface area contributed by atoms with Gasteiger partial charge in [0, 0.05) is 43.3 Å². The van der Waals surface area contributed by atoms with Crippen molar-refractivity contribution < 1.29 is 0 Å². The summed E-state index contributed by atoms with van der Waals surface area (Å²) < 4.78 is 4.66. The molecule has 0 amide bonds. The average Bonchev–Trinajstić information content (AvgIpc) is 3.72. The summed E-state index contributed by atoms with van der Waals surface area (Å²) in [6, 6.07) is 46.3. The highest BCUT2D eigenvalue weighted by molar-refractivity contribution is 6.34. The monoisotopic (exact) mass is 559 g/mol. The van der Waals surface area contributed by atoms with E-state index in [4.69, 9.17) is 9.97 Å². The topological polar surface area (TPSA) is 58.9 Å². The summed E-state index contributed by atoms with van der Waals surface area (Å²) >= 11 is 0. The molecule has 0 aliphatic carbocycles. The number of hydrogen-bond donors (Lipinski definition) is 0. The summed E-state index contributed by atoms with van der Waals surface area (Å²) in [6.45, 7) is 0. The van der Waals surface area contributed by atoms with Crippen LogP contribution in [0.4, 0.5) is 0 Å². The van der Waals surface area contributed by atoms with Crippen LogP contribution in [0, 0.1) is 11.3 Å². The maximum absolute atomic E-state index is 9.66. The molecule has 5 nitrogen and oxygen atoms in total. The van der Waals surface area contributed by atoms with E-state index in [-0.39, 0.29) is 0 Å². The van der Waals surface area contributed by atoms with Gasteiger partial charge in [-0.1, -0.05) is 84.9 Å². The number of hydrogen-bond acceptors (Lipinski definition) is 3. The molecule has 0 spiro atoms. The average molecular weight is 560 g/mol. The summed E-state index contributed by atoms with van der Waals surface area (Å²) in [4.78, 5) is 10.5. The Labute approximate surface area is 250 Å². The molecule has 10 rings (SSSR count). The quantitative estimate of drug-likeness (QED) is 0.212. The van der Waals surface area contributed by atoms with Gasteiger partial charge >= 0.3 is 0 Å². The van der Waals surface area contributed by atoms with Gasteiger partial charge in [0.15, 0.2) is 0 Å². The molecule has 0 aliphatic heterocycles. The fourth-order valence-corrected chi connectivity index (χ4v) is 7.28. The summed E-state index contributed by atoms with van der Waals surface area (Å²) in [5.74, 6) is 0.606. The lowest BCUT2D eigenvalue weighted by Gasteiger charge is -2.12. The van der Waals surface area contributed by atoms with Crippen LogP contribution >= 0.6 is 0 Å². The zero-order chi connectivity index (χ0) is 28.9. The second kappa shape index (κ2) is 8.41. The highest BCUT2D eigenvalue weighted by Crippen LogP contribution is 2.46. The van der Waals surface area contributed by atoms with Crippen molar-refractivity contribution >= 4 is 70.8 Å². The van der Waals surface area contributed by atoms with E-state index in [0.29, 0.717) is 11.5 Å². The van der Waals surface area contributed by atoms with E-state index in [9.17, 15) is 5.26 Å². The zero-order valence-corrected chi connectivity index (χ0v) is 23.4. The predicted octanol–water partition coefficient (Wildman–Crippen LogP) is 9.42. The van der Waals surface area contributed by atoms with Crippen LogP contribution in [-0.2, 0) is 0 Å². The first-order valence-electron chi connectivity index (χ1n) is 14.7. The Kier molecular flexibility index (Phi) is 4.46. The molecule has 6 aromatic carbocycles. The maximum atomic E-state index is 9.66. The van der Waals surface area contributed by atoms with Crippen LogP contribution < -0.4 is 0 Å². The molecule has 44 heavy (non-hydrogen) atoms. The SMILES string of the molecule is N#Cc1cccc(-c2nc(-n3c4ccccc4c4cc5c6ccccc6n6c7ccccc7c(c43)c56)nc3ccccc23)c1. The minimum Gasteiger partial charge on any atom is -0.308 e. The summed E-state index contributed by atoms with van der Waals surface area (Å²) in [7, 11) is 0. The minimum atomic E-state index is 0.601. The Morgan fingerprint density at radius 2 is 1.16 bits per heavy atom. The Morgan fingerprint density at radius 3 is 1.95 bits per heavy atom. The smallest absolute Gasteiger partial charge is 0.235 e. The number of nitriles is 1. The van der Waals surface area contributed by atoms with Crippen molar-refractivity contribution in [1.29, 1.82) is 5.26 Å². The largest absolute Gasteiger partial charge is 0.308 e. The van der Waals surface area contributed by atoms with E-state index in [1.54, 1.807) is 0 Å². The Balaban J connectivity index is 1.44. The second-order valence-corrected chi connectivity index (χ2v) is 11.3. The first-order valence-corrected chi connectivity index (χ1v) is 14.7. The summed E-state index contributed by atoms with van der Waals surface area (Å²) in [5, 5.41) is 17.8. The maximum Gasteiger partial charge on any atom is 0.235 e. The third-order valence-electron chi connectivity index (χ3n) is 9.06. The molecular weight excluding hydrogens is 538 g/mol. The van der Waals surface area contributed by atoms with E-state index < -0.39 is 0 Å². The van der Waals surface area contributed by atoms with Crippen LogP contribution in [0.2, 0.25) is 0 Å². The lowest BCUT2D eigenvalue weighted by Crippen LogP contribution is -2.03. The Bertz CT molecular complexity index is 2850. The molecule has 0 atom stereocenters. The van der Waals surface area contributed by atoms with Gasteiger partial charge in [0.2, 0.25) is 5.95 Å². The lowest BCUT2D eigenvalue weighted by atomic mass is 10.0. The number of rotatable bonds is 2. The highest BCUT2D eigenvalue weighted by Gasteiger charge is 2.25. The number of nitrogens with zero attached hydrogens (tertiary/aromatic N) is 5. The predicted molar refractivity (Wildman–Crippen MR) is 179 cm³/mol. The summed E-state index contributed by atoms with van der Waals surface area (Å²) in [5.41, 5.74) is 8.91. The van der Waals surface area contributed by atoms with Crippen LogP contribution in [0.3, 0.4) is 0 Å². The van der Waals surface area contributed by atoms with Gasteiger partial charge in [0.1, 0.15) is 0 Å². The van der Waals surface area contributed by atoms with Gasteiger partial charge in [-0.2, -0.15) is 5.26 Å². The van der Waals surface area contributed by atoms with Gasteiger partial charge in [-0.05, 0) is 42.5 Å². The fraction of sp³-hybridized carbons (Fsp3) is 0. The summed E-state index contributed by atoms with van der Waals surface area (Å²) in [6.07, 6.45) is 0. The molecule has 0 N–H and O–H groups in total. The van der Waals surface area contributed by atoms with Crippen molar-refractivity contribution in [3.8, 4) is 23.3 Å². The number of para-hydroxylation sites is 4. The van der Waals surface area contributed by atoms with E-state index in [2.05, 4.69) is 100.0 Å². The normalized spacial score (nSPS) is 12.1. The highest BCUT2D eigenvalue weighted by atomic mass is 15.2. The fourth-order valence-electron chi connectivity index (χ4n) is 7.28. The molecule has 0 saturated heterocycles. The number of benzene rings is 6. The molecule has 202 valence electrons. The van der Waals surface area contributed by atoms with Crippen LogP contribution in [0.25, 0.3) is 88.0 Å². The minimum absolute atomic E-state index is 0.601. The van der Waals surface area contributed by atoms with E-state index in [1.165, 1.54) is 43.5 Å². The zero-order valence-electron chi connectivity index (χ0n) is 23.4. The van der Waals surface area contributed by atoms with E-state index >= 15 is 0 Å². The van der Waals surface area contributed by atoms with Crippen LogP contribution in [0.15, 0.2) is 127 Å². The van der Waals surface area contributed by atoms with Gasteiger partial charge in [0.25, 0.3) is 0 Å². The third kappa shape index (κ3) is 2.91. The molecule has 0 radical (unpaired) electrons. The first-order chi connectivity index (χ1) is 21.8. The van der Waals surface area contributed by atoms with Crippen molar-refractivity contribution in [1.82, 2.24) is 18.9 Å². The van der Waals surface area contributed by atoms with Crippen LogP contribution in [0.5, 0.6) is 0 Å². The van der Waals surface area contributed by atoms with Crippen LogP contribution in [0.1, 0.15) is 5.56 Å².